The van der Waals surface area contributed by atoms with Crippen LogP contribution < -0.4 is 0 Å². The Balaban J connectivity index is 1.85. The van der Waals surface area contributed by atoms with Gasteiger partial charge >= 0.3 is 5.97 Å². The molecule has 0 aliphatic heterocycles. The van der Waals surface area contributed by atoms with Gasteiger partial charge < -0.3 is 19.1 Å². The number of nitrogens with zero attached hydrogens (tertiary/aromatic N) is 2. The van der Waals surface area contributed by atoms with E-state index in [9.17, 15) is 14.3 Å². The van der Waals surface area contributed by atoms with E-state index in [0.717, 1.165) is 11.3 Å². The van der Waals surface area contributed by atoms with Crippen molar-refractivity contribution in [3.8, 4) is 5.69 Å². The molecule has 2 heterocycles. The van der Waals surface area contributed by atoms with Gasteiger partial charge in [0.15, 0.2) is 11.4 Å². The molecule has 38 heavy (non-hydrogen) atoms. The second-order valence-electron chi connectivity index (χ2n) is 11.0. The maximum atomic E-state index is 16.4. The standard InChI is InChI=1S/C29H33F2N3O4/c1-16-12-19(6-7-20(16)30)34-21-13-18-14-32-33-25(18)24(31)23(21)22(26(34)28(2,3)15-37-4)17-8-10-29(38-5,11-9-17)27(35)36/h6-7,12-14,17H,8-11,15H2,1-5H3,(H,32,33)(H,35,36)/t17-,29+. The molecule has 7 nitrogen and oxygen atoms in total. The molecule has 5 rings (SSSR count). The van der Waals surface area contributed by atoms with Gasteiger partial charge in [0.05, 0.1) is 18.3 Å². The number of fused-ring (bicyclic) bond motifs is 2. The van der Waals surface area contributed by atoms with Gasteiger partial charge in [0.1, 0.15) is 11.3 Å². The lowest BCUT2D eigenvalue weighted by molar-refractivity contribution is -0.166. The van der Waals surface area contributed by atoms with E-state index < -0.39 is 22.8 Å². The van der Waals surface area contributed by atoms with Crippen molar-refractivity contribution < 1.29 is 28.2 Å². The van der Waals surface area contributed by atoms with Crippen LogP contribution >= 0.6 is 0 Å². The highest BCUT2D eigenvalue weighted by molar-refractivity contribution is 6.00. The molecule has 0 saturated heterocycles. The second kappa shape index (κ2) is 9.47. The zero-order valence-corrected chi connectivity index (χ0v) is 22.3. The lowest BCUT2D eigenvalue weighted by Gasteiger charge is -2.37. The number of ether oxygens (including phenoxy) is 2. The first-order valence-corrected chi connectivity index (χ1v) is 12.8. The van der Waals surface area contributed by atoms with Crippen molar-refractivity contribution in [3.05, 3.63) is 58.9 Å². The highest BCUT2D eigenvalue weighted by Crippen LogP contribution is 2.49. The van der Waals surface area contributed by atoms with Crippen molar-refractivity contribution >= 4 is 27.8 Å². The van der Waals surface area contributed by atoms with E-state index in [1.165, 1.54) is 13.2 Å². The van der Waals surface area contributed by atoms with Crippen molar-refractivity contribution in [3.63, 3.8) is 0 Å². The zero-order valence-electron chi connectivity index (χ0n) is 22.3. The van der Waals surface area contributed by atoms with Gasteiger partial charge in [-0.05, 0) is 73.9 Å². The molecule has 202 valence electrons. The quantitative estimate of drug-likeness (QED) is 0.302. The lowest BCUT2D eigenvalue weighted by Crippen LogP contribution is -2.43. The molecule has 2 aromatic carbocycles. The maximum Gasteiger partial charge on any atom is 0.335 e. The van der Waals surface area contributed by atoms with Gasteiger partial charge in [0.2, 0.25) is 0 Å². The summed E-state index contributed by atoms with van der Waals surface area (Å²) >= 11 is 0. The number of aryl methyl sites for hydroxylation is 1. The third-order valence-corrected chi connectivity index (χ3v) is 8.17. The molecular formula is C29H33F2N3O4. The fourth-order valence-corrected chi connectivity index (χ4v) is 6.24. The summed E-state index contributed by atoms with van der Waals surface area (Å²) in [6, 6.07) is 6.81. The van der Waals surface area contributed by atoms with Crippen LogP contribution in [0.2, 0.25) is 0 Å². The number of carbonyl (C=O) groups is 1. The Labute approximate surface area is 219 Å². The first-order chi connectivity index (χ1) is 18.0. The topological polar surface area (TPSA) is 89.4 Å². The average Bonchev–Trinajstić information content (AvgIpc) is 3.49. The van der Waals surface area contributed by atoms with Crippen molar-refractivity contribution in [2.45, 2.75) is 63.4 Å². The summed E-state index contributed by atoms with van der Waals surface area (Å²) in [5.41, 5.74) is 2.04. The van der Waals surface area contributed by atoms with Crippen molar-refractivity contribution in [1.29, 1.82) is 0 Å². The molecule has 4 aromatic rings. The van der Waals surface area contributed by atoms with Gasteiger partial charge in [-0.25, -0.2) is 13.6 Å². The zero-order chi connectivity index (χ0) is 27.4. The van der Waals surface area contributed by atoms with Crippen LogP contribution in [-0.4, -0.2) is 52.3 Å². The number of H-pyrrole nitrogens is 1. The number of hydrogen-bond acceptors (Lipinski definition) is 4. The minimum atomic E-state index is -1.25. The number of carboxylic acids is 1. The predicted molar refractivity (Wildman–Crippen MR) is 141 cm³/mol. The van der Waals surface area contributed by atoms with E-state index in [1.807, 2.05) is 24.5 Å². The monoisotopic (exact) mass is 525 g/mol. The summed E-state index contributed by atoms with van der Waals surface area (Å²) < 4.78 is 43.8. The minimum absolute atomic E-state index is 0.121. The Morgan fingerprint density at radius 1 is 1.24 bits per heavy atom. The largest absolute Gasteiger partial charge is 0.479 e. The summed E-state index contributed by atoms with van der Waals surface area (Å²) in [4.78, 5) is 12.0. The fourth-order valence-electron chi connectivity index (χ4n) is 6.24. The second-order valence-corrected chi connectivity index (χ2v) is 11.0. The number of aliphatic carboxylic acids is 1. The molecule has 1 saturated carbocycles. The summed E-state index contributed by atoms with van der Waals surface area (Å²) in [5.74, 6) is -1.82. The molecule has 1 aliphatic rings. The molecule has 0 atom stereocenters. The fraction of sp³-hybridized carbons (Fsp3) is 0.448. The number of hydrogen-bond donors (Lipinski definition) is 2. The van der Waals surface area contributed by atoms with Crippen LogP contribution in [0.15, 0.2) is 30.5 Å². The maximum absolute atomic E-state index is 16.4. The normalized spacial score (nSPS) is 20.4. The molecule has 0 unspecified atom stereocenters. The van der Waals surface area contributed by atoms with Gasteiger partial charge in [-0.15, -0.1) is 0 Å². The molecule has 1 fully saturated rings. The van der Waals surface area contributed by atoms with Crippen molar-refractivity contribution in [2.24, 2.45) is 0 Å². The smallest absolute Gasteiger partial charge is 0.335 e. The van der Waals surface area contributed by atoms with Crippen LogP contribution in [0.1, 0.15) is 62.3 Å². The van der Waals surface area contributed by atoms with Gasteiger partial charge in [0, 0.05) is 41.8 Å². The third kappa shape index (κ3) is 3.99. The highest BCUT2D eigenvalue weighted by Gasteiger charge is 2.45. The number of aromatic amines is 1. The number of aromatic nitrogens is 3. The van der Waals surface area contributed by atoms with Gasteiger partial charge in [-0.2, -0.15) is 5.10 Å². The number of nitrogens with one attached hydrogen (secondary N) is 1. The molecule has 2 aromatic heterocycles. The Bertz CT molecular complexity index is 1530. The summed E-state index contributed by atoms with van der Waals surface area (Å²) in [7, 11) is 3.06. The SMILES string of the molecule is COCC(C)(C)c1c([C@H]2CC[C@](OC)(C(=O)O)CC2)c2c(F)c3[nH]ncc3cc2n1-c1ccc(F)c(C)c1. The van der Waals surface area contributed by atoms with E-state index >= 15 is 4.39 Å². The highest BCUT2D eigenvalue weighted by atomic mass is 19.1. The Morgan fingerprint density at radius 3 is 2.55 bits per heavy atom. The Morgan fingerprint density at radius 2 is 1.95 bits per heavy atom. The minimum Gasteiger partial charge on any atom is -0.479 e. The van der Waals surface area contributed by atoms with E-state index in [2.05, 4.69) is 10.2 Å². The van der Waals surface area contributed by atoms with Crippen LogP contribution in [0, 0.1) is 18.6 Å². The van der Waals surface area contributed by atoms with Crippen LogP contribution in [0.25, 0.3) is 27.5 Å². The molecule has 0 radical (unpaired) electrons. The summed E-state index contributed by atoms with van der Waals surface area (Å²) in [5, 5.41) is 17.8. The molecular weight excluding hydrogens is 492 g/mol. The van der Waals surface area contributed by atoms with E-state index in [1.54, 1.807) is 32.4 Å². The van der Waals surface area contributed by atoms with Crippen LogP contribution in [0.3, 0.4) is 0 Å². The van der Waals surface area contributed by atoms with E-state index in [0.29, 0.717) is 65.3 Å². The predicted octanol–water partition coefficient (Wildman–Crippen LogP) is 6.14. The van der Waals surface area contributed by atoms with Crippen molar-refractivity contribution in [2.75, 3.05) is 20.8 Å². The number of carboxylic acid groups (broad SMARTS) is 1. The number of halogens is 2. The first kappa shape index (κ1) is 26.3. The number of methoxy groups -OCH3 is 2. The molecule has 2 N–H and O–H groups in total. The van der Waals surface area contributed by atoms with Crippen LogP contribution in [-0.2, 0) is 19.7 Å². The Hall–Kier alpha value is -3.30. The summed E-state index contributed by atoms with van der Waals surface area (Å²) in [6.07, 6.45) is 3.23. The van der Waals surface area contributed by atoms with Crippen molar-refractivity contribution in [1.82, 2.24) is 14.8 Å². The van der Waals surface area contributed by atoms with Gasteiger partial charge in [-0.1, -0.05) is 13.8 Å². The first-order valence-electron chi connectivity index (χ1n) is 12.8. The van der Waals surface area contributed by atoms with E-state index in [4.69, 9.17) is 9.47 Å². The third-order valence-electron chi connectivity index (χ3n) is 8.17. The molecule has 0 amide bonds. The lowest BCUT2D eigenvalue weighted by atomic mass is 9.73. The van der Waals surface area contributed by atoms with Gasteiger partial charge in [0.25, 0.3) is 0 Å². The van der Waals surface area contributed by atoms with E-state index in [-0.39, 0.29) is 11.7 Å². The molecule has 1 aliphatic carbocycles. The molecule has 0 bridgehead atoms. The number of benzene rings is 2. The molecule has 9 heteroatoms. The average molecular weight is 526 g/mol. The van der Waals surface area contributed by atoms with Crippen LogP contribution in [0.4, 0.5) is 8.78 Å². The summed E-state index contributed by atoms with van der Waals surface area (Å²) in [6.45, 7) is 6.16. The molecule has 0 spiro atoms. The Kier molecular flexibility index (Phi) is 6.55. The van der Waals surface area contributed by atoms with Gasteiger partial charge in [-0.3, -0.25) is 5.10 Å². The van der Waals surface area contributed by atoms with Crippen LogP contribution in [0.5, 0.6) is 0 Å². The number of rotatable bonds is 7.